The van der Waals surface area contributed by atoms with Crippen molar-refractivity contribution in [2.24, 2.45) is 0 Å². The van der Waals surface area contributed by atoms with Gasteiger partial charge in [-0.25, -0.2) is 8.42 Å². The summed E-state index contributed by atoms with van der Waals surface area (Å²) < 4.78 is 37.7. The van der Waals surface area contributed by atoms with Crippen LogP contribution in [0.3, 0.4) is 0 Å². The van der Waals surface area contributed by atoms with Crippen LogP contribution in [0.2, 0.25) is 0 Å². The Balaban J connectivity index is 1.64. The molecule has 0 aliphatic carbocycles. The van der Waals surface area contributed by atoms with Gasteiger partial charge in [0.2, 0.25) is 10.0 Å². The van der Waals surface area contributed by atoms with E-state index in [0.717, 1.165) is 27.8 Å². The molecule has 8 heteroatoms. The molecule has 3 heterocycles. The minimum atomic E-state index is -3.62. The Morgan fingerprint density at radius 1 is 1.30 bits per heavy atom. The zero-order valence-electron chi connectivity index (χ0n) is 15.4. The van der Waals surface area contributed by atoms with E-state index in [1.54, 1.807) is 21.0 Å². The summed E-state index contributed by atoms with van der Waals surface area (Å²) in [5.74, 6) is 1.12. The first-order valence-corrected chi connectivity index (χ1v) is 10.1. The molecule has 1 aliphatic rings. The van der Waals surface area contributed by atoms with E-state index >= 15 is 0 Å². The van der Waals surface area contributed by atoms with Crippen LogP contribution in [0.25, 0.3) is 16.5 Å². The molecule has 0 spiro atoms. The number of nitrogens with zero attached hydrogens (tertiary/aromatic N) is 2. The summed E-state index contributed by atoms with van der Waals surface area (Å²) in [5.41, 5.74) is 3.63. The average molecular weight is 387 g/mol. The van der Waals surface area contributed by atoms with Gasteiger partial charge in [0.1, 0.15) is 16.3 Å². The van der Waals surface area contributed by atoms with Crippen LogP contribution in [0.4, 0.5) is 0 Å². The summed E-state index contributed by atoms with van der Waals surface area (Å²) in [7, 11) is -1.98. The van der Waals surface area contributed by atoms with Gasteiger partial charge >= 0.3 is 0 Å². The molecule has 0 saturated heterocycles. The molecule has 0 bridgehead atoms. The molecule has 0 amide bonds. The van der Waals surface area contributed by atoms with Crippen LogP contribution in [-0.4, -0.2) is 43.1 Å². The van der Waals surface area contributed by atoms with Crippen LogP contribution < -0.4 is 4.74 Å². The van der Waals surface area contributed by atoms with Gasteiger partial charge in [0.25, 0.3) is 0 Å². The molecule has 7 nitrogen and oxygen atoms in total. The lowest BCUT2D eigenvalue weighted by atomic mass is 9.99. The highest BCUT2D eigenvalue weighted by atomic mass is 32.2. The van der Waals surface area contributed by atoms with Crippen molar-refractivity contribution in [3.05, 3.63) is 47.5 Å². The van der Waals surface area contributed by atoms with Gasteiger partial charge in [-0.15, -0.1) is 0 Å². The van der Waals surface area contributed by atoms with Gasteiger partial charge in [-0.3, -0.25) is 0 Å². The van der Waals surface area contributed by atoms with Crippen molar-refractivity contribution in [3.8, 4) is 5.75 Å². The first-order valence-electron chi connectivity index (χ1n) is 8.69. The number of ether oxygens (including phenoxy) is 1. The van der Waals surface area contributed by atoms with Crippen molar-refractivity contribution in [3.63, 3.8) is 0 Å². The van der Waals surface area contributed by atoms with Crippen LogP contribution >= 0.6 is 0 Å². The number of rotatable bonds is 4. The first kappa shape index (κ1) is 17.8. The van der Waals surface area contributed by atoms with Crippen molar-refractivity contribution in [1.29, 1.82) is 0 Å². The predicted molar refractivity (Wildman–Crippen MR) is 102 cm³/mol. The zero-order valence-corrected chi connectivity index (χ0v) is 16.3. The third-order valence-corrected chi connectivity index (χ3v) is 7.08. The summed E-state index contributed by atoms with van der Waals surface area (Å²) in [4.78, 5) is 3.44. The maximum absolute atomic E-state index is 13.0. The van der Waals surface area contributed by atoms with Crippen molar-refractivity contribution in [2.75, 3.05) is 20.2 Å². The maximum atomic E-state index is 13.0. The quantitative estimate of drug-likeness (QED) is 0.742. The Bertz CT molecular complexity index is 1120. The fourth-order valence-electron chi connectivity index (χ4n) is 3.58. The van der Waals surface area contributed by atoms with E-state index < -0.39 is 10.0 Å². The van der Waals surface area contributed by atoms with Gasteiger partial charge in [-0.05, 0) is 44.0 Å². The Kier molecular flexibility index (Phi) is 4.32. The lowest BCUT2D eigenvalue weighted by Crippen LogP contribution is -2.35. The van der Waals surface area contributed by atoms with Crippen molar-refractivity contribution >= 4 is 26.5 Å². The monoisotopic (exact) mass is 387 g/mol. The Morgan fingerprint density at radius 3 is 2.74 bits per heavy atom. The molecule has 4 rings (SSSR count). The number of fused-ring (bicyclic) bond motifs is 1. The topological polar surface area (TPSA) is 88.4 Å². The van der Waals surface area contributed by atoms with E-state index in [2.05, 4.69) is 10.1 Å². The van der Waals surface area contributed by atoms with Crippen LogP contribution in [0.5, 0.6) is 5.75 Å². The first-order chi connectivity index (χ1) is 12.9. The molecule has 2 aromatic heterocycles. The Morgan fingerprint density at radius 2 is 2.11 bits per heavy atom. The van der Waals surface area contributed by atoms with Crippen LogP contribution in [0.1, 0.15) is 23.4 Å². The summed E-state index contributed by atoms with van der Waals surface area (Å²) >= 11 is 0. The van der Waals surface area contributed by atoms with Gasteiger partial charge in [0.15, 0.2) is 5.76 Å². The maximum Gasteiger partial charge on any atom is 0.248 e. The number of hydrogen-bond donors (Lipinski definition) is 1. The number of aromatic nitrogens is 2. The summed E-state index contributed by atoms with van der Waals surface area (Å²) in [5, 5.41) is 4.84. The van der Waals surface area contributed by atoms with E-state index in [1.807, 2.05) is 30.5 Å². The molecule has 1 N–H and O–H groups in total. The molecule has 0 radical (unpaired) electrons. The van der Waals surface area contributed by atoms with Crippen molar-refractivity contribution in [2.45, 2.75) is 25.2 Å². The van der Waals surface area contributed by atoms with Gasteiger partial charge in [0.05, 0.1) is 7.11 Å². The lowest BCUT2D eigenvalue weighted by molar-refractivity contribution is 0.389. The second-order valence-electron chi connectivity index (χ2n) is 6.61. The average Bonchev–Trinajstić information content (AvgIpc) is 3.24. The van der Waals surface area contributed by atoms with Crippen molar-refractivity contribution in [1.82, 2.24) is 14.4 Å². The fraction of sp³-hybridized carbons (Fsp3) is 0.316. The van der Waals surface area contributed by atoms with Gasteiger partial charge in [-0.1, -0.05) is 11.2 Å². The van der Waals surface area contributed by atoms with E-state index in [-0.39, 0.29) is 4.90 Å². The minimum absolute atomic E-state index is 0.177. The molecule has 3 aromatic rings. The largest absolute Gasteiger partial charge is 0.497 e. The summed E-state index contributed by atoms with van der Waals surface area (Å²) in [6.07, 6.45) is 4.57. The highest BCUT2D eigenvalue weighted by Crippen LogP contribution is 2.33. The normalized spacial score (nSPS) is 15.9. The third-order valence-electron chi connectivity index (χ3n) is 4.97. The van der Waals surface area contributed by atoms with E-state index in [9.17, 15) is 8.42 Å². The number of methoxy groups -OCH3 is 1. The second kappa shape index (κ2) is 6.54. The number of aromatic amines is 1. The lowest BCUT2D eigenvalue weighted by Gasteiger charge is -2.25. The molecule has 1 aliphatic heterocycles. The number of sulfonamides is 1. The summed E-state index contributed by atoms with van der Waals surface area (Å²) in [6, 6.07) is 5.89. The molecule has 0 fully saturated rings. The Labute approximate surface area is 157 Å². The second-order valence-corrected chi connectivity index (χ2v) is 8.48. The molecular weight excluding hydrogens is 366 g/mol. The van der Waals surface area contributed by atoms with E-state index in [4.69, 9.17) is 9.26 Å². The molecule has 0 unspecified atom stereocenters. The SMILES string of the molecule is COc1ccc2[nH]cc(C3=CCN(S(=O)(=O)c4c(C)noc4C)CC3)c2c1. The number of hydrogen-bond acceptors (Lipinski definition) is 5. The minimum Gasteiger partial charge on any atom is -0.497 e. The van der Waals surface area contributed by atoms with Crippen molar-refractivity contribution < 1.29 is 17.7 Å². The highest BCUT2D eigenvalue weighted by molar-refractivity contribution is 7.89. The zero-order chi connectivity index (χ0) is 19.2. The van der Waals surface area contributed by atoms with Crippen LogP contribution in [-0.2, 0) is 10.0 Å². The molecule has 1 aromatic carbocycles. The number of H-pyrrole nitrogens is 1. The molecule has 0 atom stereocenters. The number of benzene rings is 1. The molecular formula is C19H21N3O4S. The van der Waals surface area contributed by atoms with Gasteiger partial charge < -0.3 is 14.2 Å². The Hall–Kier alpha value is -2.58. The molecule has 142 valence electrons. The number of nitrogens with one attached hydrogen (secondary N) is 1. The standard InChI is InChI=1S/C19H21N3O4S/c1-12-19(13(2)26-21-12)27(23,24)22-8-6-14(7-9-22)17-11-20-18-5-4-15(25-3)10-16(17)18/h4-6,10-11,20H,7-9H2,1-3H3. The highest BCUT2D eigenvalue weighted by Gasteiger charge is 2.32. The molecule has 0 saturated carbocycles. The van der Waals surface area contributed by atoms with Crippen LogP contribution in [0.15, 0.2) is 39.9 Å². The van der Waals surface area contributed by atoms with Gasteiger partial charge in [0, 0.05) is 35.8 Å². The smallest absolute Gasteiger partial charge is 0.248 e. The van der Waals surface area contributed by atoms with E-state index in [0.29, 0.717) is 31.0 Å². The predicted octanol–water partition coefficient (Wildman–Crippen LogP) is 3.26. The van der Waals surface area contributed by atoms with Crippen LogP contribution in [0, 0.1) is 13.8 Å². The number of aryl methyl sites for hydroxylation is 2. The third kappa shape index (κ3) is 2.94. The fourth-order valence-corrected chi connectivity index (χ4v) is 5.25. The molecule has 27 heavy (non-hydrogen) atoms. The van der Waals surface area contributed by atoms with Gasteiger partial charge in [-0.2, -0.15) is 4.31 Å². The summed E-state index contributed by atoms with van der Waals surface area (Å²) in [6.45, 7) is 4.00. The van der Waals surface area contributed by atoms with E-state index in [1.165, 1.54) is 4.31 Å².